The maximum atomic E-state index is 13.6. The number of rotatable bonds is 8. The van der Waals surface area contributed by atoms with Crippen LogP contribution in [0.1, 0.15) is 80.1 Å². The number of aromatic hydroxyl groups is 2. The molecule has 1 aliphatic rings. The number of carbonyl (C=O) groups is 4. The van der Waals surface area contributed by atoms with Gasteiger partial charge in [0.15, 0.2) is 11.5 Å². The third-order valence-corrected chi connectivity index (χ3v) is 5.80. The minimum absolute atomic E-state index is 0.0262. The Morgan fingerprint density at radius 2 is 1.74 bits per heavy atom. The second kappa shape index (κ2) is 9.46. The number of allylic oxidation sites excluding steroid dienone is 2. The summed E-state index contributed by atoms with van der Waals surface area (Å²) in [4.78, 5) is 54.6. The molecule has 0 atom stereocenters. The summed E-state index contributed by atoms with van der Waals surface area (Å²) in [5.74, 6) is -5.19. The Morgan fingerprint density at radius 1 is 1.09 bits per heavy atom. The zero-order valence-corrected chi connectivity index (χ0v) is 19.3. The minimum Gasteiger partial charge on any atom is -0.507 e. The van der Waals surface area contributed by atoms with Gasteiger partial charge in [0.25, 0.3) is 0 Å². The molecule has 1 aromatic carbocycles. The van der Waals surface area contributed by atoms with Crippen LogP contribution in [0.2, 0.25) is 0 Å². The fourth-order valence-corrected chi connectivity index (χ4v) is 4.08. The monoisotopic (exact) mass is 467 g/mol. The molecule has 0 aliphatic heterocycles. The van der Waals surface area contributed by atoms with E-state index in [0.29, 0.717) is 12.0 Å². The molecule has 0 spiro atoms. The van der Waals surface area contributed by atoms with Crippen LogP contribution in [0.15, 0.2) is 18.0 Å². The van der Waals surface area contributed by atoms with Gasteiger partial charge in [0.05, 0.1) is 23.8 Å². The number of hydrogen-bond acceptors (Lipinski definition) is 8. The van der Waals surface area contributed by atoms with Gasteiger partial charge in [0.1, 0.15) is 17.3 Å². The van der Waals surface area contributed by atoms with E-state index in [-0.39, 0.29) is 34.5 Å². The van der Waals surface area contributed by atoms with Crippen LogP contribution in [0, 0.1) is 6.92 Å². The van der Waals surface area contributed by atoms with Gasteiger partial charge in [-0.1, -0.05) is 13.3 Å². The van der Waals surface area contributed by atoms with Crippen LogP contribution in [-0.4, -0.2) is 50.7 Å². The van der Waals surface area contributed by atoms with E-state index in [2.05, 4.69) is 4.98 Å². The number of phenolic OH excluding ortho intramolecular Hbond substituents is 2. The second-order valence-corrected chi connectivity index (χ2v) is 8.14. The molecule has 0 saturated carbocycles. The Morgan fingerprint density at radius 3 is 2.29 bits per heavy atom. The van der Waals surface area contributed by atoms with Crippen LogP contribution < -0.4 is 0 Å². The van der Waals surface area contributed by atoms with E-state index < -0.39 is 51.6 Å². The van der Waals surface area contributed by atoms with E-state index >= 15 is 0 Å². The number of fused-ring (bicyclic) bond motifs is 1. The molecule has 0 radical (unpaired) electrons. The average Bonchev–Trinajstić information content (AvgIpc) is 2.79. The number of carboxylic acid groups (broad SMARTS) is 1. The number of ketones is 3. The highest BCUT2D eigenvalue weighted by molar-refractivity contribution is 6.42. The molecule has 0 amide bonds. The lowest BCUT2D eigenvalue weighted by Gasteiger charge is -2.25. The van der Waals surface area contributed by atoms with Crippen molar-refractivity contribution in [2.75, 3.05) is 7.11 Å². The molecule has 9 heteroatoms. The maximum Gasteiger partial charge on any atom is 0.355 e. The summed E-state index contributed by atoms with van der Waals surface area (Å²) in [6.07, 6.45) is 3.39. The largest absolute Gasteiger partial charge is 0.507 e. The Labute approximate surface area is 195 Å². The van der Waals surface area contributed by atoms with Crippen LogP contribution >= 0.6 is 0 Å². The predicted molar refractivity (Wildman–Crippen MR) is 121 cm³/mol. The molecule has 9 nitrogen and oxygen atoms in total. The molecule has 1 aromatic heterocycles. The molecule has 3 rings (SSSR count). The van der Waals surface area contributed by atoms with Gasteiger partial charge in [-0.3, -0.25) is 14.4 Å². The lowest BCUT2D eigenvalue weighted by atomic mass is 9.80. The topological polar surface area (TPSA) is 151 Å². The first-order valence-corrected chi connectivity index (χ1v) is 10.7. The van der Waals surface area contributed by atoms with Crippen molar-refractivity contribution >= 4 is 28.9 Å². The van der Waals surface area contributed by atoms with Gasteiger partial charge in [0.2, 0.25) is 11.6 Å². The molecule has 1 aliphatic carbocycles. The number of pyridine rings is 1. The molecule has 0 unspecified atom stereocenters. The molecule has 178 valence electrons. The van der Waals surface area contributed by atoms with Crippen LogP contribution in [0.25, 0.3) is 5.57 Å². The number of aryl methyl sites for hydroxylation is 1. The van der Waals surface area contributed by atoms with Crippen LogP contribution in [0.5, 0.6) is 11.5 Å². The SMILES string of the molecule is CCCCc1cnc(C(=O)O)c(C2=C(OC)C(=O)c3c(O)c(CC(C)=O)c(C)c(O)c3C2=O)c1. The number of ether oxygens (including phenoxy) is 1. The van der Waals surface area contributed by atoms with E-state index in [0.717, 1.165) is 20.0 Å². The number of phenols is 2. The van der Waals surface area contributed by atoms with Crippen molar-refractivity contribution < 1.29 is 39.2 Å². The Bertz CT molecular complexity index is 1270. The summed E-state index contributed by atoms with van der Waals surface area (Å²) < 4.78 is 5.23. The van der Waals surface area contributed by atoms with Crippen molar-refractivity contribution in [3.8, 4) is 11.5 Å². The van der Waals surface area contributed by atoms with E-state index in [1.165, 1.54) is 26.1 Å². The van der Waals surface area contributed by atoms with E-state index in [1.807, 2.05) is 6.92 Å². The number of nitrogens with zero attached hydrogens (tertiary/aromatic N) is 1. The van der Waals surface area contributed by atoms with Crippen LogP contribution in [-0.2, 0) is 22.4 Å². The Kier molecular flexibility index (Phi) is 6.85. The number of aromatic carboxylic acids is 1. The fourth-order valence-electron chi connectivity index (χ4n) is 4.08. The Balaban J connectivity index is 2.35. The van der Waals surface area contributed by atoms with Gasteiger partial charge in [0, 0.05) is 23.7 Å². The summed E-state index contributed by atoms with van der Waals surface area (Å²) in [6.45, 7) is 4.69. The normalized spacial score (nSPS) is 13.2. The zero-order chi connectivity index (χ0) is 25.3. The summed E-state index contributed by atoms with van der Waals surface area (Å²) in [5.41, 5.74) is -1.14. The average molecular weight is 467 g/mol. The highest BCUT2D eigenvalue weighted by Gasteiger charge is 2.41. The number of hydrogen-bond donors (Lipinski definition) is 3. The van der Waals surface area contributed by atoms with E-state index in [9.17, 15) is 34.5 Å². The van der Waals surface area contributed by atoms with Crippen molar-refractivity contribution in [1.82, 2.24) is 4.98 Å². The van der Waals surface area contributed by atoms with Gasteiger partial charge >= 0.3 is 5.97 Å². The number of Topliss-reactive ketones (excluding diaryl/α,β-unsaturated/α-hetero) is 3. The summed E-state index contributed by atoms with van der Waals surface area (Å²) in [5, 5.41) is 31.3. The number of benzene rings is 1. The standard InChI is InChI=1S/C25H25NO8/c1-5-6-7-13-9-15(19(25(32)33)26-10-13)16-22(30)17-18(23(31)24(16)34-4)21(29)14(8-11(2)27)12(3)20(17)28/h9-10,28-29H,5-8H2,1-4H3,(H,32,33). The highest BCUT2D eigenvalue weighted by Crippen LogP contribution is 2.45. The van der Waals surface area contributed by atoms with Gasteiger partial charge in [-0.25, -0.2) is 9.78 Å². The van der Waals surface area contributed by atoms with Crippen LogP contribution in [0.4, 0.5) is 0 Å². The van der Waals surface area contributed by atoms with Crippen molar-refractivity contribution in [2.24, 2.45) is 0 Å². The first kappa shape index (κ1) is 24.6. The predicted octanol–water partition coefficient (Wildman–Crippen LogP) is 3.41. The molecule has 0 saturated heterocycles. The van der Waals surface area contributed by atoms with Crippen molar-refractivity contribution in [3.05, 3.63) is 57.1 Å². The first-order chi connectivity index (χ1) is 16.0. The molecule has 3 N–H and O–H groups in total. The number of methoxy groups -OCH3 is 1. The summed E-state index contributed by atoms with van der Waals surface area (Å²) >= 11 is 0. The lowest BCUT2D eigenvalue weighted by molar-refractivity contribution is -0.116. The number of aromatic nitrogens is 1. The number of carboxylic acids is 1. The van der Waals surface area contributed by atoms with Crippen LogP contribution in [0.3, 0.4) is 0 Å². The smallest absolute Gasteiger partial charge is 0.355 e. The van der Waals surface area contributed by atoms with Gasteiger partial charge in [-0.15, -0.1) is 0 Å². The highest BCUT2D eigenvalue weighted by atomic mass is 16.5. The summed E-state index contributed by atoms with van der Waals surface area (Å²) in [7, 11) is 1.14. The second-order valence-electron chi connectivity index (χ2n) is 8.14. The fraction of sp³-hybridized carbons (Fsp3) is 0.320. The van der Waals surface area contributed by atoms with Gasteiger partial charge in [-0.2, -0.15) is 0 Å². The van der Waals surface area contributed by atoms with E-state index in [4.69, 9.17) is 4.74 Å². The summed E-state index contributed by atoms with van der Waals surface area (Å²) in [6, 6.07) is 1.48. The molecule has 2 aromatic rings. The zero-order valence-electron chi connectivity index (χ0n) is 19.3. The van der Waals surface area contributed by atoms with Gasteiger partial charge in [-0.05, 0) is 43.9 Å². The van der Waals surface area contributed by atoms with E-state index in [1.54, 1.807) is 0 Å². The van der Waals surface area contributed by atoms with Crippen molar-refractivity contribution in [1.29, 1.82) is 0 Å². The van der Waals surface area contributed by atoms with Crippen molar-refractivity contribution in [2.45, 2.75) is 46.5 Å². The number of carbonyl (C=O) groups excluding carboxylic acids is 3. The lowest BCUT2D eigenvalue weighted by Crippen LogP contribution is -2.25. The quantitative estimate of drug-likeness (QED) is 0.496. The molecule has 34 heavy (non-hydrogen) atoms. The molecular formula is C25H25NO8. The van der Waals surface area contributed by atoms with Gasteiger partial charge < -0.3 is 20.1 Å². The molecule has 0 bridgehead atoms. The third-order valence-electron chi connectivity index (χ3n) is 5.80. The molecule has 1 heterocycles. The minimum atomic E-state index is -1.41. The van der Waals surface area contributed by atoms with Crippen molar-refractivity contribution in [3.63, 3.8) is 0 Å². The maximum absolute atomic E-state index is 13.6. The number of unbranched alkanes of at least 4 members (excludes halogenated alkanes) is 1. The molecule has 0 fully saturated rings. The third kappa shape index (κ3) is 4.05. The Hall–Kier alpha value is -4.01. The molecular weight excluding hydrogens is 442 g/mol. The first-order valence-electron chi connectivity index (χ1n) is 10.7.